The second kappa shape index (κ2) is 7.67. The van der Waals surface area contributed by atoms with Crippen molar-refractivity contribution < 1.29 is 31.1 Å². The molecule has 2 amide bonds. The number of carbonyl (C=O) groups is 1. The highest BCUT2D eigenvalue weighted by Gasteiger charge is 2.33. The van der Waals surface area contributed by atoms with E-state index in [4.69, 9.17) is 0 Å². The first-order chi connectivity index (χ1) is 12.1. The zero-order valence-corrected chi connectivity index (χ0v) is 13.2. The molecule has 0 heterocycles. The van der Waals surface area contributed by atoms with E-state index in [0.29, 0.717) is 0 Å². The first kappa shape index (κ1) is 19.6. The number of carbonyl (C=O) groups excluding carboxylic acids is 1. The molecule has 0 aliphatic rings. The SMILES string of the molecule is O=C(NCc1ccccc1C(F)(F)F)NCc1ccccc1C(F)(F)F. The van der Waals surface area contributed by atoms with Gasteiger partial charge in [-0.1, -0.05) is 36.4 Å². The first-order valence-electron chi connectivity index (χ1n) is 7.41. The molecule has 0 bridgehead atoms. The number of rotatable bonds is 4. The van der Waals surface area contributed by atoms with Crippen LogP contribution in [0.5, 0.6) is 0 Å². The van der Waals surface area contributed by atoms with E-state index < -0.39 is 42.6 Å². The van der Waals surface area contributed by atoms with Crippen molar-refractivity contribution in [1.82, 2.24) is 10.6 Å². The van der Waals surface area contributed by atoms with Crippen molar-refractivity contribution in [3.8, 4) is 0 Å². The van der Waals surface area contributed by atoms with Gasteiger partial charge in [0, 0.05) is 13.1 Å². The molecule has 2 N–H and O–H groups in total. The van der Waals surface area contributed by atoms with Crippen molar-refractivity contribution in [2.24, 2.45) is 0 Å². The molecule has 2 rings (SSSR count). The summed E-state index contributed by atoms with van der Waals surface area (Å²) >= 11 is 0. The molecule has 3 nitrogen and oxygen atoms in total. The standard InChI is InChI=1S/C17H14F6N2O/c18-16(19,20)13-7-3-1-5-11(13)9-24-15(26)25-10-12-6-2-4-8-14(12)17(21,22)23/h1-8H,9-10H2,(H2,24,25,26). The minimum Gasteiger partial charge on any atom is -0.334 e. The first-order valence-corrected chi connectivity index (χ1v) is 7.41. The van der Waals surface area contributed by atoms with Crippen molar-refractivity contribution in [2.75, 3.05) is 0 Å². The highest BCUT2D eigenvalue weighted by Crippen LogP contribution is 2.32. The fourth-order valence-corrected chi connectivity index (χ4v) is 2.32. The van der Waals surface area contributed by atoms with E-state index in [2.05, 4.69) is 10.6 Å². The van der Waals surface area contributed by atoms with E-state index in [1.165, 1.54) is 36.4 Å². The summed E-state index contributed by atoms with van der Waals surface area (Å²) in [5.74, 6) is 0. The average molecular weight is 376 g/mol. The number of hydrogen-bond donors (Lipinski definition) is 2. The van der Waals surface area contributed by atoms with Crippen LogP contribution in [-0.4, -0.2) is 6.03 Å². The Balaban J connectivity index is 1.98. The molecule has 2 aromatic rings. The smallest absolute Gasteiger partial charge is 0.334 e. The van der Waals surface area contributed by atoms with E-state index in [-0.39, 0.29) is 11.1 Å². The second-order valence-corrected chi connectivity index (χ2v) is 5.35. The highest BCUT2D eigenvalue weighted by molar-refractivity contribution is 5.73. The Hall–Kier alpha value is -2.71. The molecular formula is C17H14F6N2O. The van der Waals surface area contributed by atoms with Crippen molar-refractivity contribution in [2.45, 2.75) is 25.4 Å². The van der Waals surface area contributed by atoms with Gasteiger partial charge in [-0.25, -0.2) is 4.79 Å². The van der Waals surface area contributed by atoms with Gasteiger partial charge in [-0.3, -0.25) is 0 Å². The van der Waals surface area contributed by atoms with Crippen molar-refractivity contribution in [3.05, 3.63) is 70.8 Å². The van der Waals surface area contributed by atoms with Crippen LogP contribution in [0.4, 0.5) is 31.1 Å². The summed E-state index contributed by atoms with van der Waals surface area (Å²) in [6, 6.07) is 8.54. The molecule has 0 unspecified atom stereocenters. The number of alkyl halides is 6. The van der Waals surface area contributed by atoms with Crippen molar-refractivity contribution >= 4 is 6.03 Å². The number of urea groups is 1. The average Bonchev–Trinajstić information content (AvgIpc) is 2.57. The van der Waals surface area contributed by atoms with Crippen LogP contribution in [0.15, 0.2) is 48.5 Å². The minimum absolute atomic E-state index is 0.147. The third-order valence-electron chi connectivity index (χ3n) is 3.52. The largest absolute Gasteiger partial charge is 0.416 e. The summed E-state index contributed by atoms with van der Waals surface area (Å²) in [7, 11) is 0. The van der Waals surface area contributed by atoms with Gasteiger partial charge < -0.3 is 10.6 Å². The second-order valence-electron chi connectivity index (χ2n) is 5.35. The molecule has 0 radical (unpaired) electrons. The van der Waals surface area contributed by atoms with Gasteiger partial charge in [-0.05, 0) is 23.3 Å². The molecule has 0 fully saturated rings. The third-order valence-corrected chi connectivity index (χ3v) is 3.52. The van der Waals surface area contributed by atoms with Gasteiger partial charge >= 0.3 is 18.4 Å². The Morgan fingerprint density at radius 1 is 0.692 bits per heavy atom. The van der Waals surface area contributed by atoms with Crippen molar-refractivity contribution in [1.29, 1.82) is 0 Å². The molecule has 0 aliphatic heterocycles. The highest BCUT2D eigenvalue weighted by atomic mass is 19.4. The zero-order chi connectivity index (χ0) is 19.4. The molecule has 0 aliphatic carbocycles. The molecule has 2 aromatic carbocycles. The van der Waals surface area contributed by atoms with Crippen LogP contribution in [0.3, 0.4) is 0 Å². The van der Waals surface area contributed by atoms with Gasteiger partial charge in [-0.2, -0.15) is 26.3 Å². The van der Waals surface area contributed by atoms with Gasteiger partial charge in [-0.15, -0.1) is 0 Å². The Morgan fingerprint density at radius 3 is 1.38 bits per heavy atom. The molecule has 0 saturated carbocycles. The summed E-state index contributed by atoms with van der Waals surface area (Å²) in [6.07, 6.45) is -9.14. The Morgan fingerprint density at radius 2 is 1.04 bits per heavy atom. The summed E-state index contributed by atoms with van der Waals surface area (Å²) in [4.78, 5) is 11.7. The Bertz CT molecular complexity index is 707. The van der Waals surface area contributed by atoms with Gasteiger partial charge in [0.05, 0.1) is 11.1 Å². The predicted octanol–water partition coefficient (Wildman–Crippen LogP) is 4.72. The number of halogens is 6. The molecule has 0 atom stereocenters. The van der Waals surface area contributed by atoms with Gasteiger partial charge in [0.25, 0.3) is 0 Å². The maximum atomic E-state index is 12.9. The minimum atomic E-state index is -4.57. The van der Waals surface area contributed by atoms with Crippen LogP contribution >= 0.6 is 0 Å². The number of benzene rings is 2. The number of nitrogens with one attached hydrogen (secondary N) is 2. The van der Waals surface area contributed by atoms with Crippen LogP contribution in [0.1, 0.15) is 22.3 Å². The third kappa shape index (κ3) is 5.14. The molecule has 0 spiro atoms. The Labute approximate surface area is 145 Å². The summed E-state index contributed by atoms with van der Waals surface area (Å²) in [5, 5.41) is 4.42. The van der Waals surface area contributed by atoms with E-state index in [0.717, 1.165) is 12.1 Å². The van der Waals surface area contributed by atoms with E-state index in [9.17, 15) is 31.1 Å². The number of amides is 2. The fraction of sp³-hybridized carbons (Fsp3) is 0.235. The number of hydrogen-bond acceptors (Lipinski definition) is 1. The lowest BCUT2D eigenvalue weighted by Gasteiger charge is -2.15. The Kier molecular flexibility index (Phi) is 5.79. The van der Waals surface area contributed by atoms with Crippen LogP contribution < -0.4 is 10.6 Å². The van der Waals surface area contributed by atoms with Crippen LogP contribution in [0, 0.1) is 0 Å². The zero-order valence-electron chi connectivity index (χ0n) is 13.2. The lowest BCUT2D eigenvalue weighted by atomic mass is 10.1. The molecular weight excluding hydrogens is 362 g/mol. The lowest BCUT2D eigenvalue weighted by Crippen LogP contribution is -2.35. The van der Waals surface area contributed by atoms with Crippen LogP contribution in [-0.2, 0) is 25.4 Å². The van der Waals surface area contributed by atoms with Crippen LogP contribution in [0.2, 0.25) is 0 Å². The van der Waals surface area contributed by atoms with Gasteiger partial charge in [0.2, 0.25) is 0 Å². The molecule has 26 heavy (non-hydrogen) atoms. The molecule has 140 valence electrons. The van der Waals surface area contributed by atoms with E-state index >= 15 is 0 Å². The predicted molar refractivity (Wildman–Crippen MR) is 82.0 cm³/mol. The van der Waals surface area contributed by atoms with Crippen LogP contribution in [0.25, 0.3) is 0 Å². The fourth-order valence-electron chi connectivity index (χ4n) is 2.32. The van der Waals surface area contributed by atoms with E-state index in [1.807, 2.05) is 0 Å². The van der Waals surface area contributed by atoms with Gasteiger partial charge in [0.15, 0.2) is 0 Å². The molecule has 0 aromatic heterocycles. The topological polar surface area (TPSA) is 41.1 Å². The maximum absolute atomic E-state index is 12.9. The quantitative estimate of drug-likeness (QED) is 0.745. The summed E-state index contributed by atoms with van der Waals surface area (Å²) in [5.41, 5.74) is -2.07. The van der Waals surface area contributed by atoms with Crippen molar-refractivity contribution in [3.63, 3.8) is 0 Å². The monoisotopic (exact) mass is 376 g/mol. The van der Waals surface area contributed by atoms with Gasteiger partial charge in [0.1, 0.15) is 0 Å². The molecule has 0 saturated heterocycles. The maximum Gasteiger partial charge on any atom is 0.416 e. The van der Waals surface area contributed by atoms with E-state index in [1.54, 1.807) is 0 Å². The lowest BCUT2D eigenvalue weighted by molar-refractivity contribution is -0.139. The summed E-state index contributed by atoms with van der Waals surface area (Å²) in [6.45, 7) is -0.829. The molecule has 9 heteroatoms. The normalized spacial score (nSPS) is 11.9. The summed E-state index contributed by atoms with van der Waals surface area (Å²) < 4.78 is 77.2.